The molecule has 26 heavy (non-hydrogen) atoms. The zero-order chi connectivity index (χ0) is 20.4. The van der Waals surface area contributed by atoms with Crippen molar-refractivity contribution >= 4 is 16.3 Å². The quantitative estimate of drug-likeness (QED) is 0.608. The molecule has 5 nitrogen and oxygen atoms in total. The van der Waals surface area contributed by atoms with Gasteiger partial charge in [-0.15, -0.1) is 10.3 Å². The Balaban J connectivity index is 0.000000467. The van der Waals surface area contributed by atoms with Crippen LogP contribution in [0.2, 0.25) is 0 Å². The molecular weight excluding hydrogens is 352 g/mol. The maximum absolute atomic E-state index is 10.9. The smallest absolute Gasteiger partial charge is 0.306 e. The Morgan fingerprint density at radius 3 is 2.04 bits per heavy atom. The zero-order valence-corrected chi connectivity index (χ0v) is 18.0. The van der Waals surface area contributed by atoms with Crippen LogP contribution in [0.15, 0.2) is 30.3 Å². The fourth-order valence-electron chi connectivity index (χ4n) is 1.66. The molecule has 0 bridgehead atoms. The number of hydrogen-bond acceptors (Lipinski definition) is 5. The first-order valence-corrected chi connectivity index (χ1v) is 11.2. The minimum absolute atomic E-state index is 0.0216. The normalized spacial score (nSPS) is 17.6. The van der Waals surface area contributed by atoms with Crippen molar-refractivity contribution in [3.63, 3.8) is 0 Å². The zero-order valence-electron chi connectivity index (χ0n) is 17.2. The first-order valence-electron chi connectivity index (χ1n) is 8.79. The lowest BCUT2D eigenvalue weighted by Gasteiger charge is -2.44. The average Bonchev–Trinajstić information content (AvgIpc) is 2.91. The largest absolute Gasteiger partial charge is 0.460 e. The number of carbonyl (C=O) groups excluding carboxylic acids is 1. The summed E-state index contributed by atoms with van der Waals surface area (Å²) in [5, 5.41) is 15.2. The molecule has 0 radical (unpaired) electrons. The van der Waals surface area contributed by atoms with E-state index in [0.29, 0.717) is 13.0 Å². The van der Waals surface area contributed by atoms with Gasteiger partial charge in [-0.2, -0.15) is 0 Å². The molecule has 1 aliphatic rings. The van der Waals surface area contributed by atoms with Crippen LogP contribution in [0.1, 0.15) is 46.1 Å². The van der Waals surface area contributed by atoms with Gasteiger partial charge in [0.25, 0.3) is 0 Å². The van der Waals surface area contributed by atoms with Crippen LogP contribution >= 0.6 is 10.3 Å². The van der Waals surface area contributed by atoms with Crippen molar-refractivity contribution in [1.82, 2.24) is 0 Å². The molecule has 6 heteroatoms. The SMILES string of the molecule is CC(C)(C)S(C)(C)OCC1CCC(=O)O1.CC(O)O.Cc1ccccc1. The second-order valence-corrected chi connectivity index (χ2v) is 11.5. The molecule has 0 amide bonds. The van der Waals surface area contributed by atoms with E-state index in [9.17, 15) is 4.79 Å². The van der Waals surface area contributed by atoms with Gasteiger partial charge >= 0.3 is 5.97 Å². The van der Waals surface area contributed by atoms with Crippen LogP contribution in [-0.4, -0.2) is 52.4 Å². The van der Waals surface area contributed by atoms with Gasteiger partial charge in [-0.05, 0) is 32.8 Å². The summed E-state index contributed by atoms with van der Waals surface area (Å²) in [7, 11) is -1.09. The number of benzene rings is 1. The van der Waals surface area contributed by atoms with E-state index in [0.717, 1.165) is 6.42 Å². The number of hydrogen-bond donors (Lipinski definition) is 2. The molecule has 2 N–H and O–H groups in total. The highest BCUT2D eigenvalue weighted by atomic mass is 32.3. The van der Waals surface area contributed by atoms with Crippen LogP contribution in [0, 0.1) is 6.92 Å². The molecule has 2 rings (SSSR count). The highest BCUT2D eigenvalue weighted by Gasteiger charge is 2.31. The van der Waals surface area contributed by atoms with Crippen molar-refractivity contribution in [2.45, 2.75) is 64.6 Å². The van der Waals surface area contributed by atoms with Crippen molar-refractivity contribution < 1.29 is 23.9 Å². The third-order valence-corrected chi connectivity index (χ3v) is 7.61. The van der Waals surface area contributed by atoms with E-state index in [1.807, 2.05) is 18.2 Å². The van der Waals surface area contributed by atoms with Gasteiger partial charge in [-0.25, -0.2) is 0 Å². The molecule has 0 aromatic heterocycles. The topological polar surface area (TPSA) is 76.0 Å². The van der Waals surface area contributed by atoms with Gasteiger partial charge in [0.05, 0.1) is 6.61 Å². The van der Waals surface area contributed by atoms with Crippen LogP contribution < -0.4 is 0 Å². The summed E-state index contributed by atoms with van der Waals surface area (Å²) in [6.45, 7) is 10.5. The van der Waals surface area contributed by atoms with Crippen LogP contribution in [0.5, 0.6) is 0 Å². The Bertz CT molecular complexity index is 506. The monoisotopic (exact) mass is 388 g/mol. The third-order valence-electron chi connectivity index (χ3n) is 3.93. The highest BCUT2D eigenvalue weighted by Crippen LogP contribution is 2.53. The summed E-state index contributed by atoms with van der Waals surface area (Å²) in [4.78, 5) is 10.9. The number of ether oxygens (including phenoxy) is 1. The molecule has 1 aliphatic heterocycles. The first kappa shape index (κ1) is 24.9. The summed E-state index contributed by atoms with van der Waals surface area (Å²) in [6.07, 6.45) is 4.47. The van der Waals surface area contributed by atoms with Crippen molar-refractivity contribution in [2.75, 3.05) is 19.1 Å². The summed E-state index contributed by atoms with van der Waals surface area (Å²) in [5.74, 6) is -0.0906. The maximum Gasteiger partial charge on any atom is 0.306 e. The second-order valence-electron chi connectivity index (χ2n) is 7.57. The van der Waals surface area contributed by atoms with E-state index in [1.54, 1.807) is 0 Å². The van der Waals surface area contributed by atoms with E-state index >= 15 is 0 Å². The number of esters is 1. The predicted octanol–water partition coefficient (Wildman–Crippen LogP) is 3.80. The molecule has 0 aliphatic carbocycles. The van der Waals surface area contributed by atoms with E-state index in [2.05, 4.69) is 52.3 Å². The third kappa shape index (κ3) is 11.5. The van der Waals surface area contributed by atoms with Crippen LogP contribution in [-0.2, 0) is 13.7 Å². The van der Waals surface area contributed by atoms with Gasteiger partial charge in [-0.1, -0.05) is 56.7 Å². The number of carbonyl (C=O) groups is 1. The standard InChI is InChI=1S/C11H22O3S.C7H8.C2H6O2/c1-11(2,3)15(4,5)13-8-9-6-7-10(12)14-9;1-7-5-3-2-4-6-7;1-2(3)4/h9H,6-8H2,1-5H3;2-6H,1H3;2-4H,1H3. The Kier molecular flexibility index (Phi) is 11.1. The van der Waals surface area contributed by atoms with E-state index in [1.165, 1.54) is 12.5 Å². The van der Waals surface area contributed by atoms with Crippen molar-refractivity contribution in [3.05, 3.63) is 35.9 Å². The number of aliphatic hydroxyl groups is 2. The lowest BCUT2D eigenvalue weighted by Crippen LogP contribution is -2.28. The molecule has 1 fully saturated rings. The average molecular weight is 389 g/mol. The lowest BCUT2D eigenvalue weighted by atomic mass is 10.2. The molecule has 152 valence electrons. The van der Waals surface area contributed by atoms with Crippen molar-refractivity contribution in [1.29, 1.82) is 0 Å². The van der Waals surface area contributed by atoms with Gasteiger partial charge in [0.2, 0.25) is 0 Å². The molecule has 0 saturated carbocycles. The Morgan fingerprint density at radius 2 is 1.73 bits per heavy atom. The Hall–Kier alpha value is -1.08. The Morgan fingerprint density at radius 1 is 1.23 bits per heavy atom. The lowest BCUT2D eigenvalue weighted by molar-refractivity contribution is -0.142. The predicted molar refractivity (Wildman–Crippen MR) is 109 cm³/mol. The molecule has 1 aromatic carbocycles. The van der Waals surface area contributed by atoms with Crippen molar-refractivity contribution in [3.8, 4) is 0 Å². The number of aliphatic hydroxyl groups excluding tert-OH is 1. The van der Waals surface area contributed by atoms with Crippen LogP contribution in [0.4, 0.5) is 0 Å². The molecule has 1 aromatic rings. The minimum Gasteiger partial charge on any atom is -0.460 e. The minimum atomic E-state index is -1.17. The number of cyclic esters (lactones) is 1. The van der Waals surface area contributed by atoms with Gasteiger partial charge in [0.1, 0.15) is 12.4 Å². The van der Waals surface area contributed by atoms with Crippen LogP contribution in [0.25, 0.3) is 0 Å². The van der Waals surface area contributed by atoms with E-state index < -0.39 is 16.6 Å². The van der Waals surface area contributed by atoms with Gasteiger partial charge < -0.3 is 19.1 Å². The maximum atomic E-state index is 10.9. The Labute approximate surface area is 160 Å². The molecular formula is C20H36O5S. The van der Waals surface area contributed by atoms with Crippen molar-refractivity contribution in [2.24, 2.45) is 0 Å². The first-order chi connectivity index (χ1) is 11.8. The number of aryl methyl sites for hydroxylation is 1. The van der Waals surface area contributed by atoms with E-state index in [4.69, 9.17) is 19.1 Å². The molecule has 1 unspecified atom stereocenters. The summed E-state index contributed by atoms with van der Waals surface area (Å²) < 4.78 is 11.2. The highest BCUT2D eigenvalue weighted by molar-refractivity contribution is 8.29. The van der Waals surface area contributed by atoms with Gasteiger partial charge in [-0.3, -0.25) is 4.79 Å². The summed E-state index contributed by atoms with van der Waals surface area (Å²) >= 11 is 0. The molecule has 1 saturated heterocycles. The molecule has 1 atom stereocenters. The van der Waals surface area contributed by atoms with Crippen LogP contribution in [0.3, 0.4) is 0 Å². The number of rotatable bonds is 3. The second kappa shape index (κ2) is 11.6. The fourth-order valence-corrected chi connectivity index (χ4v) is 2.50. The van der Waals surface area contributed by atoms with Gasteiger partial charge in [0, 0.05) is 11.2 Å². The van der Waals surface area contributed by atoms with E-state index in [-0.39, 0.29) is 16.8 Å². The summed E-state index contributed by atoms with van der Waals surface area (Å²) in [6, 6.07) is 10.3. The molecule has 1 heterocycles. The summed E-state index contributed by atoms with van der Waals surface area (Å²) in [5.41, 5.74) is 1.32. The molecule has 0 spiro atoms. The fraction of sp³-hybridized carbons (Fsp3) is 0.650. The van der Waals surface area contributed by atoms with Gasteiger partial charge in [0.15, 0.2) is 0 Å².